The molecule has 1 fully saturated rings. The number of ether oxygens (including phenoxy) is 1. The molecule has 5 heteroatoms. The Labute approximate surface area is 125 Å². The molecule has 21 heavy (non-hydrogen) atoms. The van der Waals surface area contributed by atoms with Crippen LogP contribution >= 0.6 is 0 Å². The maximum atomic E-state index is 10.7. The molecule has 1 atom stereocenters. The first-order valence-electron chi connectivity index (χ1n) is 7.36. The Balaban J connectivity index is 1.94. The maximum absolute atomic E-state index is 10.7. The molecule has 1 aromatic carbocycles. The Hall–Kier alpha value is -2.06. The smallest absolute Gasteiger partial charge is 0.255 e. The number of benzene rings is 1. The van der Waals surface area contributed by atoms with Crippen molar-refractivity contribution >= 4 is 5.91 Å². The summed E-state index contributed by atoms with van der Waals surface area (Å²) in [6.45, 7) is -0.138. The van der Waals surface area contributed by atoms with Gasteiger partial charge in [0.25, 0.3) is 5.91 Å². The molecule has 0 spiro atoms. The van der Waals surface area contributed by atoms with Gasteiger partial charge in [-0.3, -0.25) is 10.1 Å². The first kappa shape index (κ1) is 15.3. The maximum Gasteiger partial charge on any atom is 0.255 e. The van der Waals surface area contributed by atoms with Crippen LogP contribution in [0.15, 0.2) is 24.3 Å². The quantitative estimate of drug-likeness (QED) is 0.838. The number of amides is 1. The van der Waals surface area contributed by atoms with Gasteiger partial charge in [-0.2, -0.15) is 5.26 Å². The highest BCUT2D eigenvalue weighted by atomic mass is 16.5. The molecule has 1 saturated carbocycles. The van der Waals surface area contributed by atoms with Gasteiger partial charge in [0.1, 0.15) is 11.8 Å². The largest absolute Gasteiger partial charge is 0.484 e. The van der Waals surface area contributed by atoms with Gasteiger partial charge in [0, 0.05) is 6.04 Å². The van der Waals surface area contributed by atoms with Crippen LogP contribution in [-0.2, 0) is 4.79 Å². The SMILES string of the molecule is N#CC(NC1CCCCC1)c1ccc(OCC(N)=O)cc1. The van der Waals surface area contributed by atoms with E-state index in [9.17, 15) is 10.1 Å². The van der Waals surface area contributed by atoms with Crippen molar-refractivity contribution in [2.75, 3.05) is 6.61 Å². The molecule has 0 aliphatic heterocycles. The Morgan fingerprint density at radius 1 is 1.33 bits per heavy atom. The van der Waals surface area contributed by atoms with Gasteiger partial charge in [0.2, 0.25) is 0 Å². The topological polar surface area (TPSA) is 88.1 Å². The van der Waals surface area contributed by atoms with Crippen LogP contribution in [0.1, 0.15) is 43.7 Å². The van der Waals surface area contributed by atoms with E-state index >= 15 is 0 Å². The van der Waals surface area contributed by atoms with Crippen LogP contribution < -0.4 is 15.8 Å². The summed E-state index contributed by atoms with van der Waals surface area (Å²) in [6, 6.07) is 9.63. The van der Waals surface area contributed by atoms with E-state index in [0.29, 0.717) is 11.8 Å². The highest BCUT2D eigenvalue weighted by molar-refractivity contribution is 5.75. The normalized spacial score (nSPS) is 16.9. The molecule has 0 bridgehead atoms. The van der Waals surface area contributed by atoms with Crippen molar-refractivity contribution in [3.05, 3.63) is 29.8 Å². The molecule has 1 amide bonds. The van der Waals surface area contributed by atoms with E-state index in [1.807, 2.05) is 12.1 Å². The summed E-state index contributed by atoms with van der Waals surface area (Å²) >= 11 is 0. The minimum atomic E-state index is -0.507. The third-order valence-electron chi connectivity index (χ3n) is 3.73. The molecule has 2 rings (SSSR count). The second-order valence-corrected chi connectivity index (χ2v) is 5.39. The zero-order chi connectivity index (χ0) is 15.1. The Bertz CT molecular complexity index is 501. The Morgan fingerprint density at radius 3 is 2.57 bits per heavy atom. The second-order valence-electron chi connectivity index (χ2n) is 5.39. The van der Waals surface area contributed by atoms with Crippen molar-refractivity contribution in [3.8, 4) is 11.8 Å². The lowest BCUT2D eigenvalue weighted by Gasteiger charge is -2.25. The lowest BCUT2D eigenvalue weighted by atomic mass is 9.94. The monoisotopic (exact) mass is 287 g/mol. The number of rotatable bonds is 6. The standard InChI is InChI=1S/C16H21N3O2/c17-10-15(19-13-4-2-1-3-5-13)12-6-8-14(9-7-12)21-11-16(18)20/h6-9,13,15,19H,1-5,11H2,(H2,18,20). The average molecular weight is 287 g/mol. The number of carbonyl (C=O) groups is 1. The molecule has 1 aromatic rings. The molecule has 1 unspecified atom stereocenters. The summed E-state index contributed by atoms with van der Waals surface area (Å²) < 4.78 is 5.21. The van der Waals surface area contributed by atoms with Crippen molar-refractivity contribution in [2.45, 2.75) is 44.2 Å². The van der Waals surface area contributed by atoms with Crippen LogP contribution in [0.2, 0.25) is 0 Å². The molecular weight excluding hydrogens is 266 g/mol. The molecule has 0 aromatic heterocycles. The van der Waals surface area contributed by atoms with Crippen LogP contribution in [0.25, 0.3) is 0 Å². The fourth-order valence-electron chi connectivity index (χ4n) is 2.62. The van der Waals surface area contributed by atoms with Gasteiger partial charge in [-0.1, -0.05) is 31.4 Å². The van der Waals surface area contributed by atoms with Gasteiger partial charge in [-0.25, -0.2) is 0 Å². The summed E-state index contributed by atoms with van der Waals surface area (Å²) in [5.74, 6) is 0.0693. The van der Waals surface area contributed by atoms with Gasteiger partial charge in [-0.05, 0) is 30.5 Å². The molecule has 5 nitrogen and oxygen atoms in total. The molecule has 0 radical (unpaired) electrons. The van der Waals surface area contributed by atoms with E-state index in [0.717, 1.165) is 18.4 Å². The number of hydrogen-bond acceptors (Lipinski definition) is 4. The fourth-order valence-corrected chi connectivity index (χ4v) is 2.62. The number of primary amides is 1. The predicted octanol–water partition coefficient (Wildman–Crippen LogP) is 2.04. The minimum Gasteiger partial charge on any atom is -0.484 e. The van der Waals surface area contributed by atoms with Gasteiger partial charge in [0.15, 0.2) is 6.61 Å². The van der Waals surface area contributed by atoms with Gasteiger partial charge >= 0.3 is 0 Å². The van der Waals surface area contributed by atoms with E-state index in [4.69, 9.17) is 10.5 Å². The highest BCUT2D eigenvalue weighted by Gasteiger charge is 2.18. The van der Waals surface area contributed by atoms with Crippen molar-refractivity contribution in [2.24, 2.45) is 5.73 Å². The Kier molecular flexibility index (Phi) is 5.59. The van der Waals surface area contributed by atoms with Crippen molar-refractivity contribution < 1.29 is 9.53 Å². The molecule has 0 heterocycles. The third kappa shape index (κ3) is 4.76. The minimum absolute atomic E-state index is 0.138. The van der Waals surface area contributed by atoms with Crippen LogP contribution in [-0.4, -0.2) is 18.6 Å². The van der Waals surface area contributed by atoms with E-state index in [-0.39, 0.29) is 12.6 Å². The average Bonchev–Trinajstić information content (AvgIpc) is 2.52. The van der Waals surface area contributed by atoms with Crippen molar-refractivity contribution in [1.29, 1.82) is 5.26 Å². The van der Waals surface area contributed by atoms with Gasteiger partial charge in [0.05, 0.1) is 6.07 Å². The Morgan fingerprint density at radius 2 is 2.00 bits per heavy atom. The number of nitrogens with one attached hydrogen (secondary N) is 1. The van der Waals surface area contributed by atoms with Gasteiger partial charge < -0.3 is 10.5 Å². The van der Waals surface area contributed by atoms with Crippen molar-refractivity contribution in [1.82, 2.24) is 5.32 Å². The van der Waals surface area contributed by atoms with Crippen LogP contribution in [0.4, 0.5) is 0 Å². The third-order valence-corrected chi connectivity index (χ3v) is 3.73. The first-order valence-corrected chi connectivity index (χ1v) is 7.36. The first-order chi connectivity index (χ1) is 10.2. The zero-order valence-corrected chi connectivity index (χ0v) is 12.0. The molecule has 1 aliphatic carbocycles. The summed E-state index contributed by atoms with van der Waals surface area (Å²) in [7, 11) is 0. The lowest BCUT2D eigenvalue weighted by molar-refractivity contribution is -0.119. The van der Waals surface area contributed by atoms with Crippen LogP contribution in [0.5, 0.6) is 5.75 Å². The highest BCUT2D eigenvalue weighted by Crippen LogP contribution is 2.22. The fraction of sp³-hybridized carbons (Fsp3) is 0.500. The lowest BCUT2D eigenvalue weighted by Crippen LogP contribution is -2.33. The molecule has 1 aliphatic rings. The number of hydrogen-bond donors (Lipinski definition) is 2. The van der Waals surface area contributed by atoms with Gasteiger partial charge in [-0.15, -0.1) is 0 Å². The van der Waals surface area contributed by atoms with E-state index in [1.165, 1.54) is 19.3 Å². The number of nitriles is 1. The van der Waals surface area contributed by atoms with E-state index in [2.05, 4.69) is 11.4 Å². The predicted molar refractivity (Wildman–Crippen MR) is 79.5 cm³/mol. The summed E-state index contributed by atoms with van der Waals surface area (Å²) in [6.07, 6.45) is 6.03. The number of nitrogens with zero attached hydrogens (tertiary/aromatic N) is 1. The van der Waals surface area contributed by atoms with Crippen LogP contribution in [0.3, 0.4) is 0 Å². The van der Waals surface area contributed by atoms with Crippen molar-refractivity contribution in [3.63, 3.8) is 0 Å². The zero-order valence-electron chi connectivity index (χ0n) is 12.0. The molecular formula is C16H21N3O2. The second kappa shape index (κ2) is 7.65. The summed E-state index contributed by atoms with van der Waals surface area (Å²) in [5, 5.41) is 12.8. The van der Waals surface area contributed by atoms with Crippen LogP contribution in [0, 0.1) is 11.3 Å². The summed E-state index contributed by atoms with van der Waals surface area (Å²) in [5.41, 5.74) is 5.94. The van der Waals surface area contributed by atoms with E-state index in [1.54, 1.807) is 12.1 Å². The molecule has 112 valence electrons. The molecule has 0 saturated heterocycles. The number of nitrogens with two attached hydrogens (primary N) is 1. The molecule has 3 N–H and O–H groups in total. The van der Waals surface area contributed by atoms with E-state index < -0.39 is 5.91 Å². The number of carbonyl (C=O) groups excluding carboxylic acids is 1. The summed E-state index contributed by atoms with van der Waals surface area (Å²) in [4.78, 5) is 10.7.